The molecule has 0 amide bonds. The molecule has 1 aliphatic heterocycles. The van der Waals surface area contributed by atoms with E-state index in [1.807, 2.05) is 0 Å². The molecular weight excluding hydrogens is 252 g/mol. The number of hydrogen-bond acceptors (Lipinski definition) is 4. The summed E-state index contributed by atoms with van der Waals surface area (Å²) in [7, 11) is 0. The van der Waals surface area contributed by atoms with Crippen LogP contribution in [0.3, 0.4) is 0 Å². The minimum atomic E-state index is 0.351. The molecule has 0 bridgehead atoms. The number of aromatic nitrogens is 2. The van der Waals surface area contributed by atoms with E-state index in [2.05, 4.69) is 41.4 Å². The second-order valence-corrected chi connectivity index (χ2v) is 5.28. The lowest BCUT2D eigenvalue weighted by molar-refractivity contribution is 0.0795. The molecule has 1 aromatic carbocycles. The van der Waals surface area contributed by atoms with E-state index in [0.29, 0.717) is 11.8 Å². The first-order valence-corrected chi connectivity index (χ1v) is 7.37. The van der Waals surface area contributed by atoms with Gasteiger partial charge in [0.15, 0.2) is 0 Å². The zero-order chi connectivity index (χ0) is 13.8. The third-order valence-corrected chi connectivity index (χ3v) is 3.75. The van der Waals surface area contributed by atoms with Crippen molar-refractivity contribution >= 4 is 0 Å². The van der Waals surface area contributed by atoms with Crippen LogP contribution in [0.15, 0.2) is 28.7 Å². The third kappa shape index (κ3) is 2.90. The Balaban J connectivity index is 1.75. The predicted molar refractivity (Wildman–Crippen MR) is 76.5 cm³/mol. The normalized spacial score (nSPS) is 16.4. The van der Waals surface area contributed by atoms with Gasteiger partial charge < -0.3 is 9.15 Å². The number of aryl methyl sites for hydroxylation is 1. The Morgan fingerprint density at radius 1 is 1.10 bits per heavy atom. The summed E-state index contributed by atoms with van der Waals surface area (Å²) in [4.78, 5) is 0. The van der Waals surface area contributed by atoms with Crippen molar-refractivity contribution in [1.29, 1.82) is 0 Å². The van der Waals surface area contributed by atoms with Gasteiger partial charge in [-0.15, -0.1) is 10.2 Å². The van der Waals surface area contributed by atoms with Gasteiger partial charge >= 0.3 is 0 Å². The monoisotopic (exact) mass is 272 g/mol. The molecule has 0 unspecified atom stereocenters. The van der Waals surface area contributed by atoms with E-state index in [4.69, 9.17) is 9.15 Å². The van der Waals surface area contributed by atoms with E-state index in [0.717, 1.165) is 50.4 Å². The van der Waals surface area contributed by atoms with Gasteiger partial charge in [0.1, 0.15) is 0 Å². The molecule has 0 spiro atoms. The molecule has 0 saturated carbocycles. The van der Waals surface area contributed by atoms with Gasteiger partial charge in [0, 0.05) is 24.7 Å². The molecule has 1 aliphatic rings. The van der Waals surface area contributed by atoms with Crippen molar-refractivity contribution in [1.82, 2.24) is 10.2 Å². The van der Waals surface area contributed by atoms with Crippen LogP contribution in [0.5, 0.6) is 0 Å². The lowest BCUT2D eigenvalue weighted by atomic mass is 10.0. The molecule has 2 heterocycles. The summed E-state index contributed by atoms with van der Waals surface area (Å²) >= 11 is 0. The fourth-order valence-electron chi connectivity index (χ4n) is 2.56. The maximum absolute atomic E-state index is 5.83. The number of ether oxygens (including phenoxy) is 1. The molecule has 3 rings (SSSR count). The fraction of sp³-hybridized carbons (Fsp3) is 0.500. The van der Waals surface area contributed by atoms with Gasteiger partial charge in [0.2, 0.25) is 11.8 Å². The van der Waals surface area contributed by atoms with Gasteiger partial charge in [-0.25, -0.2) is 0 Å². The third-order valence-electron chi connectivity index (χ3n) is 3.75. The molecule has 0 aliphatic carbocycles. The van der Waals surface area contributed by atoms with Gasteiger partial charge in [-0.3, -0.25) is 0 Å². The van der Waals surface area contributed by atoms with E-state index in [1.165, 1.54) is 5.56 Å². The van der Waals surface area contributed by atoms with Gasteiger partial charge in [0.05, 0.1) is 0 Å². The van der Waals surface area contributed by atoms with Gasteiger partial charge in [-0.05, 0) is 37.0 Å². The summed E-state index contributed by atoms with van der Waals surface area (Å²) in [5.41, 5.74) is 2.34. The average Bonchev–Trinajstić information content (AvgIpc) is 2.99. The van der Waals surface area contributed by atoms with E-state index < -0.39 is 0 Å². The predicted octanol–water partition coefficient (Wildman–Crippen LogP) is 3.58. The Labute approximate surface area is 119 Å². The van der Waals surface area contributed by atoms with Crippen LogP contribution in [0, 0.1) is 0 Å². The lowest BCUT2D eigenvalue weighted by Gasteiger charge is -2.18. The zero-order valence-electron chi connectivity index (χ0n) is 11.8. The first-order chi connectivity index (χ1) is 9.86. The van der Waals surface area contributed by atoms with Crippen LogP contribution in [0.2, 0.25) is 0 Å². The largest absolute Gasteiger partial charge is 0.420 e. The van der Waals surface area contributed by atoms with E-state index in [1.54, 1.807) is 0 Å². The zero-order valence-corrected chi connectivity index (χ0v) is 11.8. The Morgan fingerprint density at radius 2 is 1.85 bits per heavy atom. The molecule has 0 atom stereocenters. The number of benzene rings is 1. The first kappa shape index (κ1) is 13.3. The Hall–Kier alpha value is -1.68. The van der Waals surface area contributed by atoms with Crippen molar-refractivity contribution in [2.75, 3.05) is 13.2 Å². The second kappa shape index (κ2) is 6.18. The average molecular weight is 272 g/mol. The first-order valence-electron chi connectivity index (χ1n) is 7.37. The van der Waals surface area contributed by atoms with Crippen LogP contribution in [0.4, 0.5) is 0 Å². The van der Waals surface area contributed by atoms with Crippen molar-refractivity contribution in [3.63, 3.8) is 0 Å². The molecule has 2 aromatic rings. The quantitative estimate of drug-likeness (QED) is 0.853. The molecule has 1 saturated heterocycles. The smallest absolute Gasteiger partial charge is 0.247 e. The molecule has 20 heavy (non-hydrogen) atoms. The van der Waals surface area contributed by atoms with Crippen LogP contribution in [0.25, 0.3) is 11.5 Å². The highest BCUT2D eigenvalue weighted by Crippen LogP contribution is 2.28. The second-order valence-electron chi connectivity index (χ2n) is 5.28. The van der Waals surface area contributed by atoms with Gasteiger partial charge in [-0.1, -0.05) is 25.5 Å². The molecule has 4 heteroatoms. The number of nitrogens with zero attached hydrogens (tertiary/aromatic N) is 2. The van der Waals surface area contributed by atoms with Crippen molar-refractivity contribution in [2.45, 2.75) is 38.5 Å². The van der Waals surface area contributed by atoms with Gasteiger partial charge in [-0.2, -0.15) is 0 Å². The summed E-state index contributed by atoms with van der Waals surface area (Å²) in [5.74, 6) is 1.72. The molecule has 1 aromatic heterocycles. The Morgan fingerprint density at radius 3 is 2.55 bits per heavy atom. The lowest BCUT2D eigenvalue weighted by Crippen LogP contribution is -2.14. The topological polar surface area (TPSA) is 48.2 Å². The SMILES string of the molecule is CCCc1ccc(-c2nnc(C3CCOCC3)o2)cc1. The summed E-state index contributed by atoms with van der Waals surface area (Å²) in [6.45, 7) is 3.76. The summed E-state index contributed by atoms with van der Waals surface area (Å²) in [6, 6.07) is 8.40. The minimum Gasteiger partial charge on any atom is -0.420 e. The molecular formula is C16H20N2O2. The molecule has 4 nitrogen and oxygen atoms in total. The van der Waals surface area contributed by atoms with E-state index >= 15 is 0 Å². The number of rotatable bonds is 4. The van der Waals surface area contributed by atoms with Crippen LogP contribution in [-0.4, -0.2) is 23.4 Å². The van der Waals surface area contributed by atoms with Crippen LogP contribution < -0.4 is 0 Å². The van der Waals surface area contributed by atoms with Crippen LogP contribution in [0.1, 0.15) is 43.6 Å². The highest BCUT2D eigenvalue weighted by molar-refractivity contribution is 5.53. The number of hydrogen-bond donors (Lipinski definition) is 0. The van der Waals surface area contributed by atoms with Gasteiger partial charge in [0.25, 0.3) is 0 Å². The van der Waals surface area contributed by atoms with E-state index in [9.17, 15) is 0 Å². The van der Waals surface area contributed by atoms with Crippen molar-refractivity contribution < 1.29 is 9.15 Å². The fourth-order valence-corrected chi connectivity index (χ4v) is 2.56. The van der Waals surface area contributed by atoms with Crippen molar-refractivity contribution in [3.8, 4) is 11.5 Å². The van der Waals surface area contributed by atoms with Crippen LogP contribution >= 0.6 is 0 Å². The van der Waals surface area contributed by atoms with E-state index in [-0.39, 0.29) is 0 Å². The Bertz CT molecular complexity index is 542. The summed E-state index contributed by atoms with van der Waals surface area (Å²) < 4.78 is 11.2. The molecule has 0 radical (unpaired) electrons. The van der Waals surface area contributed by atoms with Crippen molar-refractivity contribution in [2.24, 2.45) is 0 Å². The molecule has 0 N–H and O–H groups in total. The molecule has 1 fully saturated rings. The highest BCUT2D eigenvalue weighted by atomic mass is 16.5. The van der Waals surface area contributed by atoms with Crippen molar-refractivity contribution in [3.05, 3.63) is 35.7 Å². The maximum Gasteiger partial charge on any atom is 0.247 e. The minimum absolute atomic E-state index is 0.351. The van der Waals surface area contributed by atoms with Crippen LogP contribution in [-0.2, 0) is 11.2 Å². The standard InChI is InChI=1S/C16H20N2O2/c1-2-3-12-4-6-13(7-5-12)15-17-18-16(20-15)14-8-10-19-11-9-14/h4-7,14H,2-3,8-11H2,1H3. The summed E-state index contributed by atoms with van der Waals surface area (Å²) in [6.07, 6.45) is 4.21. The molecule has 106 valence electrons. The highest BCUT2D eigenvalue weighted by Gasteiger charge is 2.22. The Kier molecular flexibility index (Phi) is 4.11. The summed E-state index contributed by atoms with van der Waals surface area (Å²) in [5, 5.41) is 8.38. The maximum atomic E-state index is 5.83.